The van der Waals surface area contributed by atoms with E-state index in [9.17, 15) is 4.79 Å². The highest BCUT2D eigenvalue weighted by Gasteiger charge is 2.02. The van der Waals surface area contributed by atoms with Crippen molar-refractivity contribution >= 4 is 5.97 Å². The molecule has 11 heteroatoms. The van der Waals surface area contributed by atoms with Gasteiger partial charge in [-0.05, 0) is 12.8 Å². The summed E-state index contributed by atoms with van der Waals surface area (Å²) >= 11 is 0. The highest BCUT2D eigenvalue weighted by molar-refractivity contribution is 5.69. The summed E-state index contributed by atoms with van der Waals surface area (Å²) in [5.41, 5.74) is 0. The summed E-state index contributed by atoms with van der Waals surface area (Å²) in [5.74, 6) is -0.137. The van der Waals surface area contributed by atoms with E-state index in [2.05, 4.69) is 13.8 Å². The lowest BCUT2D eigenvalue weighted by Crippen LogP contribution is -2.15. The van der Waals surface area contributed by atoms with Gasteiger partial charge in [-0.3, -0.25) is 4.79 Å². The van der Waals surface area contributed by atoms with Crippen molar-refractivity contribution in [2.45, 2.75) is 84.5 Å². The molecule has 0 saturated carbocycles. The molecule has 0 aliphatic rings. The molecule has 0 amide bonds. The van der Waals surface area contributed by atoms with Crippen molar-refractivity contribution in [3.8, 4) is 0 Å². The second-order valence-electron chi connectivity index (χ2n) is 10.3. The van der Waals surface area contributed by atoms with E-state index in [-0.39, 0.29) is 5.97 Å². The second-order valence-corrected chi connectivity index (χ2v) is 10.3. The third-order valence-electron chi connectivity index (χ3n) is 6.34. The molecule has 0 aromatic heterocycles. The molecular formula is C33H66O11. The number of esters is 1. The number of hydrogen-bond acceptors (Lipinski definition) is 11. The van der Waals surface area contributed by atoms with Gasteiger partial charge >= 0.3 is 5.97 Å². The number of ether oxygens (including phenoxy) is 10. The maximum Gasteiger partial charge on any atom is 0.305 e. The van der Waals surface area contributed by atoms with Gasteiger partial charge in [0, 0.05) is 13.0 Å². The molecule has 0 aromatic rings. The fourth-order valence-electron chi connectivity index (χ4n) is 3.83. The van der Waals surface area contributed by atoms with E-state index in [4.69, 9.17) is 47.4 Å². The van der Waals surface area contributed by atoms with Gasteiger partial charge in [-0.25, -0.2) is 0 Å². The molecule has 0 heterocycles. The van der Waals surface area contributed by atoms with E-state index in [0.717, 1.165) is 25.9 Å². The standard InChI is InChI=1S/C33H66O11/c1-3-5-7-8-9-10-11-13-33(34)44-32-31-43-30-29-42-28-27-41-26-25-40-24-23-39-22-21-38-20-19-37-18-17-36-16-15-35-14-12-6-4-2/h3-32H2,1-2H3. The van der Waals surface area contributed by atoms with Crippen LogP contribution in [0.5, 0.6) is 0 Å². The summed E-state index contributed by atoms with van der Waals surface area (Å²) in [5, 5.41) is 0. The van der Waals surface area contributed by atoms with Gasteiger partial charge in [-0.15, -0.1) is 0 Å². The molecule has 0 atom stereocenters. The molecule has 0 saturated heterocycles. The number of rotatable bonds is 39. The Hall–Kier alpha value is -0.890. The number of unbranched alkanes of at least 4 members (excludes halogenated alkanes) is 8. The van der Waals surface area contributed by atoms with Gasteiger partial charge in [0.05, 0.1) is 112 Å². The van der Waals surface area contributed by atoms with Crippen LogP contribution in [0.4, 0.5) is 0 Å². The van der Waals surface area contributed by atoms with Crippen molar-refractivity contribution < 1.29 is 52.2 Å². The van der Waals surface area contributed by atoms with Gasteiger partial charge in [0.1, 0.15) is 6.61 Å². The van der Waals surface area contributed by atoms with Gasteiger partial charge in [0.25, 0.3) is 0 Å². The van der Waals surface area contributed by atoms with Crippen molar-refractivity contribution in [3.63, 3.8) is 0 Å². The Labute approximate surface area is 268 Å². The number of carbonyl (C=O) groups is 1. The Balaban J connectivity index is 3.09. The van der Waals surface area contributed by atoms with Crippen LogP contribution >= 0.6 is 0 Å². The van der Waals surface area contributed by atoms with Crippen LogP contribution in [0, 0.1) is 0 Å². The molecule has 264 valence electrons. The molecule has 0 bridgehead atoms. The molecule has 0 rings (SSSR count). The van der Waals surface area contributed by atoms with E-state index in [1.807, 2.05) is 0 Å². The zero-order valence-corrected chi connectivity index (χ0v) is 28.2. The van der Waals surface area contributed by atoms with Gasteiger partial charge in [0.2, 0.25) is 0 Å². The molecular weight excluding hydrogens is 572 g/mol. The molecule has 0 N–H and O–H groups in total. The lowest BCUT2D eigenvalue weighted by molar-refractivity contribution is -0.145. The Bertz CT molecular complexity index is 540. The summed E-state index contributed by atoms with van der Waals surface area (Å²) in [7, 11) is 0. The molecule has 44 heavy (non-hydrogen) atoms. The van der Waals surface area contributed by atoms with Crippen molar-refractivity contribution in [2.75, 3.05) is 126 Å². The van der Waals surface area contributed by atoms with Crippen LogP contribution < -0.4 is 0 Å². The normalized spacial score (nSPS) is 11.4. The average molecular weight is 639 g/mol. The summed E-state index contributed by atoms with van der Waals surface area (Å²) in [6.07, 6.45) is 12.4. The van der Waals surface area contributed by atoms with Crippen LogP contribution in [0.2, 0.25) is 0 Å². The summed E-state index contributed by atoms with van der Waals surface area (Å²) in [6.45, 7) is 14.3. The van der Waals surface area contributed by atoms with Crippen molar-refractivity contribution in [2.24, 2.45) is 0 Å². The predicted molar refractivity (Wildman–Crippen MR) is 170 cm³/mol. The highest BCUT2D eigenvalue weighted by Crippen LogP contribution is 2.08. The molecule has 0 unspecified atom stereocenters. The Kier molecular flexibility index (Phi) is 39.3. The van der Waals surface area contributed by atoms with Gasteiger partial charge in [0.15, 0.2) is 0 Å². The molecule has 11 nitrogen and oxygen atoms in total. The summed E-state index contributed by atoms with van der Waals surface area (Å²) < 4.78 is 54.4. The van der Waals surface area contributed by atoms with Crippen molar-refractivity contribution in [3.05, 3.63) is 0 Å². The van der Waals surface area contributed by atoms with E-state index >= 15 is 0 Å². The Morgan fingerprint density at radius 1 is 0.318 bits per heavy atom. The minimum absolute atomic E-state index is 0.137. The first kappa shape index (κ1) is 43.1. The maximum atomic E-state index is 11.7. The molecule has 0 aliphatic heterocycles. The predicted octanol–water partition coefficient (Wildman–Crippen LogP) is 5.01. The topological polar surface area (TPSA) is 109 Å². The third kappa shape index (κ3) is 39.1. The highest BCUT2D eigenvalue weighted by atomic mass is 16.6. The Morgan fingerprint density at radius 2 is 0.591 bits per heavy atom. The minimum atomic E-state index is -0.137. The minimum Gasteiger partial charge on any atom is -0.463 e. The van der Waals surface area contributed by atoms with E-state index in [1.165, 1.54) is 44.9 Å². The molecule has 0 fully saturated rings. The fourth-order valence-corrected chi connectivity index (χ4v) is 3.83. The molecule has 0 aromatic carbocycles. The lowest BCUT2D eigenvalue weighted by Gasteiger charge is -2.09. The second kappa shape index (κ2) is 40.1. The SMILES string of the molecule is CCCCCCCCCC(=O)OCCOCCOCCOCCOCCOCCOCCOCCOCCOCCCCC. The van der Waals surface area contributed by atoms with E-state index < -0.39 is 0 Å². The smallest absolute Gasteiger partial charge is 0.305 e. The lowest BCUT2D eigenvalue weighted by atomic mass is 10.1. The maximum absolute atomic E-state index is 11.7. The fraction of sp³-hybridized carbons (Fsp3) is 0.970. The van der Waals surface area contributed by atoms with Crippen molar-refractivity contribution in [1.82, 2.24) is 0 Å². The van der Waals surface area contributed by atoms with Crippen molar-refractivity contribution in [1.29, 1.82) is 0 Å². The van der Waals surface area contributed by atoms with Crippen LogP contribution in [0.3, 0.4) is 0 Å². The van der Waals surface area contributed by atoms with Gasteiger partial charge in [-0.2, -0.15) is 0 Å². The van der Waals surface area contributed by atoms with Gasteiger partial charge in [-0.1, -0.05) is 65.2 Å². The first-order chi connectivity index (χ1) is 21.8. The first-order valence-electron chi connectivity index (χ1n) is 17.2. The average Bonchev–Trinajstić information content (AvgIpc) is 3.03. The van der Waals surface area contributed by atoms with Crippen LogP contribution in [0.1, 0.15) is 84.5 Å². The van der Waals surface area contributed by atoms with Gasteiger partial charge < -0.3 is 47.4 Å². The molecule has 0 radical (unpaired) electrons. The monoisotopic (exact) mass is 638 g/mol. The quantitative estimate of drug-likeness (QED) is 0.0670. The van der Waals surface area contributed by atoms with Crippen LogP contribution in [-0.2, 0) is 52.2 Å². The third-order valence-corrected chi connectivity index (χ3v) is 6.34. The first-order valence-corrected chi connectivity index (χ1v) is 17.2. The number of hydrogen-bond donors (Lipinski definition) is 0. The number of carbonyl (C=O) groups excluding carboxylic acids is 1. The molecule has 0 spiro atoms. The van der Waals surface area contributed by atoms with Crippen LogP contribution in [0.25, 0.3) is 0 Å². The van der Waals surface area contributed by atoms with Crippen LogP contribution in [0.15, 0.2) is 0 Å². The summed E-state index contributed by atoms with van der Waals surface area (Å²) in [6, 6.07) is 0. The van der Waals surface area contributed by atoms with Crippen LogP contribution in [-0.4, -0.2) is 132 Å². The molecule has 0 aliphatic carbocycles. The van der Waals surface area contributed by atoms with E-state index in [1.54, 1.807) is 0 Å². The zero-order valence-electron chi connectivity index (χ0n) is 28.2. The summed E-state index contributed by atoms with van der Waals surface area (Å²) in [4.78, 5) is 11.7. The zero-order chi connectivity index (χ0) is 31.9. The Morgan fingerprint density at radius 3 is 0.955 bits per heavy atom. The van der Waals surface area contributed by atoms with E-state index in [0.29, 0.717) is 125 Å². The largest absolute Gasteiger partial charge is 0.463 e.